The Morgan fingerprint density at radius 2 is 1.82 bits per heavy atom. The minimum absolute atomic E-state index is 0.0287. The predicted molar refractivity (Wildman–Crippen MR) is 124 cm³/mol. The number of piperidine rings is 1. The van der Waals surface area contributed by atoms with E-state index in [9.17, 15) is 22.8 Å². The molecular weight excluding hydrogens is 462 g/mol. The van der Waals surface area contributed by atoms with Crippen LogP contribution in [0.3, 0.4) is 0 Å². The molecule has 1 aliphatic carbocycles. The van der Waals surface area contributed by atoms with E-state index in [-0.39, 0.29) is 16.6 Å². The first-order valence-corrected chi connectivity index (χ1v) is 13.0. The molecule has 4 rings (SSSR count). The lowest BCUT2D eigenvalue weighted by atomic mass is 10.1. The minimum Gasteiger partial charge on any atom is -0.493 e. The third-order valence-corrected chi connectivity index (χ3v) is 8.01. The highest BCUT2D eigenvalue weighted by Gasteiger charge is 2.38. The zero-order valence-electron chi connectivity index (χ0n) is 19.2. The minimum atomic E-state index is -4.40. The van der Waals surface area contributed by atoms with Crippen LogP contribution >= 0.6 is 0 Å². The van der Waals surface area contributed by atoms with Gasteiger partial charge in [0.2, 0.25) is 21.8 Å². The molecule has 3 fully saturated rings. The first-order chi connectivity index (χ1) is 16.2. The summed E-state index contributed by atoms with van der Waals surface area (Å²) < 4.78 is 34.2. The smallest absolute Gasteiger partial charge is 0.250 e. The average molecular weight is 494 g/mol. The van der Waals surface area contributed by atoms with E-state index in [4.69, 9.17) is 10.5 Å². The SMILES string of the molecule is COc1c(N2CCCCC2=O)cccc1S(=O)(=O)N[C@@H](C(N)=O)C(=O)N1CCN(C2CC2)CC1. The summed E-state index contributed by atoms with van der Waals surface area (Å²) in [5.41, 5.74) is 5.77. The predicted octanol–water partition coefficient (Wildman–Crippen LogP) is -0.349. The molecule has 3 aliphatic rings. The van der Waals surface area contributed by atoms with E-state index in [2.05, 4.69) is 9.62 Å². The Labute approximate surface area is 199 Å². The quantitative estimate of drug-likeness (QED) is 0.471. The highest BCUT2D eigenvalue weighted by atomic mass is 32.2. The van der Waals surface area contributed by atoms with Crippen molar-refractivity contribution in [2.75, 3.05) is 44.7 Å². The molecule has 1 saturated carbocycles. The van der Waals surface area contributed by atoms with E-state index in [1.165, 1.54) is 29.0 Å². The van der Waals surface area contributed by atoms with Crippen molar-refractivity contribution in [3.05, 3.63) is 18.2 Å². The number of primary amides is 1. The standard InChI is InChI=1S/C22H31N5O6S/c1-33-20-16(27-10-3-2-7-18(27)28)5-4-6-17(20)34(31,32)24-19(21(23)29)22(30)26-13-11-25(12-14-26)15-8-9-15/h4-6,15,19,24H,2-3,7-14H2,1H3,(H2,23,29)/t19-/m0/s1. The van der Waals surface area contributed by atoms with Crippen LogP contribution in [0.4, 0.5) is 5.69 Å². The average Bonchev–Trinajstić information content (AvgIpc) is 3.67. The third kappa shape index (κ3) is 5.03. The van der Waals surface area contributed by atoms with Gasteiger partial charge in [-0.2, -0.15) is 4.72 Å². The fraction of sp³-hybridized carbons (Fsp3) is 0.591. The summed E-state index contributed by atoms with van der Waals surface area (Å²) >= 11 is 0. The Kier molecular flexibility index (Phi) is 7.10. The van der Waals surface area contributed by atoms with Crippen LogP contribution in [0.2, 0.25) is 0 Å². The summed E-state index contributed by atoms with van der Waals surface area (Å²) in [6.07, 6.45) is 4.23. The summed E-state index contributed by atoms with van der Waals surface area (Å²) in [5.74, 6) is -1.91. The van der Waals surface area contributed by atoms with E-state index >= 15 is 0 Å². The number of nitrogens with two attached hydrogens (primary N) is 1. The number of hydrogen-bond acceptors (Lipinski definition) is 7. The fourth-order valence-corrected chi connectivity index (χ4v) is 5.92. The van der Waals surface area contributed by atoms with Gasteiger partial charge in [0.15, 0.2) is 11.8 Å². The number of ether oxygens (including phenoxy) is 1. The highest BCUT2D eigenvalue weighted by Crippen LogP contribution is 2.36. The van der Waals surface area contributed by atoms with Crippen LogP contribution in [-0.2, 0) is 24.4 Å². The second-order valence-corrected chi connectivity index (χ2v) is 10.5. The van der Waals surface area contributed by atoms with Gasteiger partial charge in [0.25, 0.3) is 5.91 Å². The van der Waals surface area contributed by atoms with Gasteiger partial charge in [-0.1, -0.05) is 6.07 Å². The van der Waals surface area contributed by atoms with E-state index in [1.807, 2.05) is 0 Å². The molecule has 34 heavy (non-hydrogen) atoms. The summed E-state index contributed by atoms with van der Waals surface area (Å²) in [5, 5.41) is 0. The number of piperazine rings is 1. The number of anilines is 1. The van der Waals surface area contributed by atoms with Crippen molar-refractivity contribution in [1.82, 2.24) is 14.5 Å². The summed E-state index contributed by atoms with van der Waals surface area (Å²) in [6, 6.07) is 3.22. The molecule has 2 saturated heterocycles. The normalized spacial score (nSPS) is 20.8. The fourth-order valence-electron chi connectivity index (χ4n) is 4.57. The van der Waals surface area contributed by atoms with Crippen LogP contribution in [0.15, 0.2) is 23.1 Å². The molecule has 11 nitrogen and oxygen atoms in total. The van der Waals surface area contributed by atoms with Crippen molar-refractivity contribution in [1.29, 1.82) is 0 Å². The number of sulfonamides is 1. The van der Waals surface area contributed by atoms with Gasteiger partial charge in [0, 0.05) is 45.2 Å². The van der Waals surface area contributed by atoms with Crippen molar-refractivity contribution in [2.24, 2.45) is 5.73 Å². The molecule has 1 aromatic rings. The molecule has 186 valence electrons. The van der Waals surface area contributed by atoms with Crippen molar-refractivity contribution < 1.29 is 27.5 Å². The summed E-state index contributed by atoms with van der Waals surface area (Å²) in [4.78, 5) is 42.6. The second-order valence-electron chi connectivity index (χ2n) is 8.86. The molecule has 0 aromatic heterocycles. The van der Waals surface area contributed by atoms with Gasteiger partial charge in [-0.25, -0.2) is 8.42 Å². The molecule has 0 spiro atoms. The Morgan fingerprint density at radius 3 is 2.41 bits per heavy atom. The number of para-hydroxylation sites is 1. The summed E-state index contributed by atoms with van der Waals surface area (Å²) in [7, 11) is -3.09. The van der Waals surface area contributed by atoms with Gasteiger partial charge < -0.3 is 20.3 Å². The van der Waals surface area contributed by atoms with Gasteiger partial charge >= 0.3 is 0 Å². The van der Waals surface area contributed by atoms with Crippen molar-refractivity contribution in [3.8, 4) is 5.75 Å². The lowest BCUT2D eigenvalue weighted by Gasteiger charge is -2.36. The maximum atomic E-state index is 13.3. The van der Waals surface area contributed by atoms with E-state index in [0.717, 1.165) is 25.7 Å². The lowest BCUT2D eigenvalue weighted by Crippen LogP contribution is -2.58. The van der Waals surface area contributed by atoms with Gasteiger partial charge in [-0.05, 0) is 37.8 Å². The molecule has 0 unspecified atom stereocenters. The largest absolute Gasteiger partial charge is 0.493 e. The monoisotopic (exact) mass is 493 g/mol. The van der Waals surface area contributed by atoms with Crippen LogP contribution in [0.5, 0.6) is 5.75 Å². The number of nitrogens with one attached hydrogen (secondary N) is 1. The first kappa shape index (κ1) is 24.4. The van der Waals surface area contributed by atoms with Crippen LogP contribution < -0.4 is 20.1 Å². The van der Waals surface area contributed by atoms with Gasteiger partial charge in [0.05, 0.1) is 12.8 Å². The second kappa shape index (κ2) is 9.88. The molecule has 0 bridgehead atoms. The van der Waals surface area contributed by atoms with Gasteiger partial charge in [-0.3, -0.25) is 19.3 Å². The number of hydrogen-bond donors (Lipinski definition) is 2. The number of carbonyl (C=O) groups is 3. The Balaban J connectivity index is 1.55. The van der Waals surface area contributed by atoms with E-state index in [0.29, 0.717) is 50.9 Å². The molecule has 3 N–H and O–H groups in total. The Bertz CT molecular complexity index is 1070. The number of carbonyl (C=O) groups excluding carboxylic acids is 3. The highest BCUT2D eigenvalue weighted by molar-refractivity contribution is 7.89. The maximum Gasteiger partial charge on any atom is 0.250 e. The molecule has 2 aliphatic heterocycles. The lowest BCUT2D eigenvalue weighted by molar-refractivity contribution is -0.139. The maximum absolute atomic E-state index is 13.3. The molecule has 1 atom stereocenters. The van der Waals surface area contributed by atoms with Gasteiger partial charge in [0.1, 0.15) is 4.90 Å². The number of amides is 3. The van der Waals surface area contributed by atoms with Crippen molar-refractivity contribution in [3.63, 3.8) is 0 Å². The Morgan fingerprint density at radius 1 is 1.12 bits per heavy atom. The molecule has 3 amide bonds. The molecule has 12 heteroatoms. The van der Waals surface area contributed by atoms with Crippen LogP contribution in [0.1, 0.15) is 32.1 Å². The zero-order valence-corrected chi connectivity index (χ0v) is 20.1. The topological polar surface area (TPSA) is 142 Å². The first-order valence-electron chi connectivity index (χ1n) is 11.5. The number of nitrogens with zero attached hydrogens (tertiary/aromatic N) is 3. The van der Waals surface area contributed by atoms with E-state index in [1.54, 1.807) is 6.07 Å². The number of methoxy groups -OCH3 is 1. The van der Waals surface area contributed by atoms with E-state index < -0.39 is 27.9 Å². The Hall–Kier alpha value is -2.70. The van der Waals surface area contributed by atoms with Gasteiger partial charge in [-0.15, -0.1) is 0 Å². The molecular formula is C22H31N5O6S. The third-order valence-electron chi connectivity index (χ3n) is 6.56. The number of benzene rings is 1. The molecule has 0 radical (unpaired) electrons. The molecule has 1 aromatic carbocycles. The molecule has 2 heterocycles. The van der Waals surface area contributed by atoms with Crippen molar-refractivity contribution >= 4 is 33.4 Å². The summed E-state index contributed by atoms with van der Waals surface area (Å²) in [6.45, 7) is 2.59. The van der Waals surface area contributed by atoms with Crippen LogP contribution in [0, 0.1) is 0 Å². The van der Waals surface area contributed by atoms with Crippen molar-refractivity contribution in [2.45, 2.75) is 49.1 Å². The number of rotatable bonds is 8. The zero-order chi connectivity index (χ0) is 24.5. The van der Waals surface area contributed by atoms with Crippen LogP contribution in [0.25, 0.3) is 0 Å². The van der Waals surface area contributed by atoms with Crippen LogP contribution in [-0.4, -0.2) is 87.9 Å².